The first-order chi connectivity index (χ1) is 8.62. The molecule has 0 spiro atoms. The van der Waals surface area contributed by atoms with E-state index in [9.17, 15) is 9.59 Å². The summed E-state index contributed by atoms with van der Waals surface area (Å²) in [6.45, 7) is 6.95. The summed E-state index contributed by atoms with van der Waals surface area (Å²) in [7, 11) is 0. The molecule has 19 heavy (non-hydrogen) atoms. The zero-order chi connectivity index (χ0) is 14.7. The Morgan fingerprint density at radius 2 is 2.00 bits per heavy atom. The summed E-state index contributed by atoms with van der Waals surface area (Å²) in [4.78, 5) is 23.6. The standard InChI is InChI=1S/C13H19NO4S/c1-12(2,3)18-11(17)14-13(4,8-10(15)16)9-6-5-7-19-9/h5-7H,8H2,1-4H3,(H,14,17)(H,15,16). The smallest absolute Gasteiger partial charge is 0.408 e. The van der Waals surface area contributed by atoms with Gasteiger partial charge in [-0.25, -0.2) is 4.79 Å². The number of carbonyl (C=O) groups excluding carboxylic acids is 1. The first-order valence-corrected chi connectivity index (χ1v) is 6.77. The molecule has 2 N–H and O–H groups in total. The molecular weight excluding hydrogens is 266 g/mol. The molecule has 106 valence electrons. The SMILES string of the molecule is CC(C)(C)OC(=O)NC(C)(CC(=O)O)c1cccs1. The first kappa shape index (κ1) is 15.5. The molecule has 1 heterocycles. The fraction of sp³-hybridized carbons (Fsp3) is 0.538. The van der Waals surface area contributed by atoms with E-state index in [1.807, 2.05) is 11.4 Å². The highest BCUT2D eigenvalue weighted by Crippen LogP contribution is 2.29. The van der Waals surface area contributed by atoms with Gasteiger partial charge in [0.25, 0.3) is 0 Å². The molecular formula is C13H19NO4S. The molecule has 0 aliphatic rings. The average Bonchev–Trinajstić information content (AvgIpc) is 2.64. The van der Waals surface area contributed by atoms with Crippen molar-refractivity contribution in [2.24, 2.45) is 0 Å². The number of aliphatic carboxylic acids is 1. The van der Waals surface area contributed by atoms with E-state index in [2.05, 4.69) is 5.32 Å². The summed E-state index contributed by atoms with van der Waals surface area (Å²) < 4.78 is 5.17. The van der Waals surface area contributed by atoms with Gasteiger partial charge in [0.05, 0.1) is 12.0 Å². The molecule has 0 bridgehead atoms. The Hall–Kier alpha value is -1.56. The molecule has 1 atom stereocenters. The number of ether oxygens (including phenoxy) is 1. The monoisotopic (exact) mass is 285 g/mol. The summed E-state index contributed by atoms with van der Waals surface area (Å²) in [6.07, 6.45) is -0.822. The molecule has 1 unspecified atom stereocenters. The van der Waals surface area contributed by atoms with Crippen LogP contribution in [-0.2, 0) is 15.1 Å². The van der Waals surface area contributed by atoms with Gasteiger partial charge in [0.15, 0.2) is 0 Å². The summed E-state index contributed by atoms with van der Waals surface area (Å²) in [5.41, 5.74) is -1.59. The van der Waals surface area contributed by atoms with Gasteiger partial charge in [-0.05, 0) is 39.1 Å². The number of rotatable bonds is 4. The lowest BCUT2D eigenvalue weighted by atomic mass is 9.96. The van der Waals surface area contributed by atoms with Gasteiger partial charge in [-0.15, -0.1) is 11.3 Å². The molecule has 0 fully saturated rings. The van der Waals surface area contributed by atoms with Crippen LogP contribution in [0, 0.1) is 0 Å². The number of carboxylic acids is 1. The van der Waals surface area contributed by atoms with Gasteiger partial charge in [0.1, 0.15) is 5.60 Å². The number of carbonyl (C=O) groups is 2. The molecule has 0 saturated carbocycles. The molecule has 0 aromatic carbocycles. The third kappa shape index (κ3) is 4.90. The first-order valence-electron chi connectivity index (χ1n) is 5.89. The summed E-state index contributed by atoms with van der Waals surface area (Å²) in [5.74, 6) is -0.980. The summed E-state index contributed by atoms with van der Waals surface area (Å²) in [6, 6.07) is 3.61. The lowest BCUT2D eigenvalue weighted by Gasteiger charge is -2.30. The Morgan fingerprint density at radius 1 is 1.37 bits per heavy atom. The second-order valence-corrected chi connectivity index (χ2v) is 6.45. The Labute approximate surface area is 116 Å². The van der Waals surface area contributed by atoms with Gasteiger partial charge in [-0.1, -0.05) is 6.07 Å². The number of amides is 1. The third-order valence-corrected chi connectivity index (χ3v) is 3.48. The zero-order valence-corrected chi connectivity index (χ0v) is 12.3. The summed E-state index contributed by atoms with van der Waals surface area (Å²) in [5, 5.41) is 13.5. The number of carboxylic acid groups (broad SMARTS) is 1. The van der Waals surface area contributed by atoms with Crippen LogP contribution in [0.15, 0.2) is 17.5 Å². The van der Waals surface area contributed by atoms with Crippen molar-refractivity contribution in [2.45, 2.75) is 45.3 Å². The topological polar surface area (TPSA) is 75.6 Å². The highest BCUT2D eigenvalue weighted by atomic mass is 32.1. The van der Waals surface area contributed by atoms with Gasteiger partial charge in [-0.3, -0.25) is 4.79 Å². The average molecular weight is 285 g/mol. The number of hydrogen-bond acceptors (Lipinski definition) is 4. The van der Waals surface area contributed by atoms with Crippen LogP contribution in [0.4, 0.5) is 4.79 Å². The molecule has 5 nitrogen and oxygen atoms in total. The van der Waals surface area contributed by atoms with Gasteiger partial charge in [-0.2, -0.15) is 0 Å². The quantitative estimate of drug-likeness (QED) is 0.891. The van der Waals surface area contributed by atoms with E-state index in [0.29, 0.717) is 0 Å². The minimum atomic E-state index is -0.980. The van der Waals surface area contributed by atoms with Gasteiger partial charge in [0, 0.05) is 4.88 Å². The maximum atomic E-state index is 11.8. The molecule has 6 heteroatoms. The van der Waals surface area contributed by atoms with Crippen molar-refractivity contribution in [1.82, 2.24) is 5.32 Å². The van der Waals surface area contributed by atoms with Crippen molar-refractivity contribution >= 4 is 23.4 Å². The minimum Gasteiger partial charge on any atom is -0.481 e. The van der Waals surface area contributed by atoms with Crippen molar-refractivity contribution in [3.63, 3.8) is 0 Å². The zero-order valence-electron chi connectivity index (χ0n) is 11.5. The van der Waals surface area contributed by atoms with E-state index in [-0.39, 0.29) is 6.42 Å². The lowest BCUT2D eigenvalue weighted by Crippen LogP contribution is -2.46. The Balaban J connectivity index is 2.87. The van der Waals surface area contributed by atoms with Crippen LogP contribution in [0.1, 0.15) is 39.0 Å². The van der Waals surface area contributed by atoms with E-state index in [4.69, 9.17) is 9.84 Å². The number of thiophene rings is 1. The van der Waals surface area contributed by atoms with Crippen LogP contribution in [0.25, 0.3) is 0 Å². The molecule has 0 saturated heterocycles. The predicted molar refractivity (Wildman–Crippen MR) is 73.3 cm³/mol. The Morgan fingerprint density at radius 3 is 2.42 bits per heavy atom. The van der Waals surface area contributed by atoms with E-state index in [1.54, 1.807) is 33.8 Å². The second kappa shape index (κ2) is 5.61. The molecule has 0 aliphatic carbocycles. The number of hydrogen-bond donors (Lipinski definition) is 2. The number of alkyl carbamates (subject to hydrolysis) is 1. The Bertz CT molecular complexity index is 450. The molecule has 1 aromatic rings. The fourth-order valence-electron chi connectivity index (χ4n) is 1.62. The highest BCUT2D eigenvalue weighted by Gasteiger charge is 2.34. The molecule has 1 aromatic heterocycles. The van der Waals surface area contributed by atoms with Crippen LogP contribution in [0.5, 0.6) is 0 Å². The predicted octanol–water partition coefficient (Wildman–Crippen LogP) is 2.96. The van der Waals surface area contributed by atoms with Gasteiger partial charge in [0.2, 0.25) is 0 Å². The number of nitrogens with one attached hydrogen (secondary N) is 1. The summed E-state index contributed by atoms with van der Waals surface area (Å²) >= 11 is 1.40. The Kier molecular flexibility index (Phi) is 4.57. The van der Waals surface area contributed by atoms with E-state index >= 15 is 0 Å². The fourth-order valence-corrected chi connectivity index (χ4v) is 2.46. The van der Waals surface area contributed by atoms with Crippen molar-refractivity contribution < 1.29 is 19.4 Å². The minimum absolute atomic E-state index is 0.202. The van der Waals surface area contributed by atoms with Crippen LogP contribution < -0.4 is 5.32 Å². The largest absolute Gasteiger partial charge is 0.481 e. The maximum Gasteiger partial charge on any atom is 0.408 e. The van der Waals surface area contributed by atoms with Crippen LogP contribution in [-0.4, -0.2) is 22.8 Å². The van der Waals surface area contributed by atoms with E-state index in [1.165, 1.54) is 11.3 Å². The molecule has 0 aliphatic heterocycles. The van der Waals surface area contributed by atoms with Gasteiger partial charge < -0.3 is 15.2 Å². The van der Waals surface area contributed by atoms with Crippen molar-refractivity contribution in [2.75, 3.05) is 0 Å². The second-order valence-electron chi connectivity index (χ2n) is 5.51. The molecule has 1 rings (SSSR count). The van der Waals surface area contributed by atoms with Crippen molar-refractivity contribution in [3.05, 3.63) is 22.4 Å². The van der Waals surface area contributed by atoms with E-state index < -0.39 is 23.2 Å². The molecule has 1 amide bonds. The van der Waals surface area contributed by atoms with Crippen LogP contribution in [0.3, 0.4) is 0 Å². The maximum absolute atomic E-state index is 11.8. The van der Waals surface area contributed by atoms with Crippen LogP contribution >= 0.6 is 11.3 Å². The highest BCUT2D eigenvalue weighted by molar-refractivity contribution is 7.10. The normalized spacial score (nSPS) is 14.5. The third-order valence-electron chi connectivity index (χ3n) is 2.35. The molecule has 0 radical (unpaired) electrons. The van der Waals surface area contributed by atoms with Gasteiger partial charge >= 0.3 is 12.1 Å². The van der Waals surface area contributed by atoms with Crippen molar-refractivity contribution in [1.29, 1.82) is 0 Å². The van der Waals surface area contributed by atoms with Crippen molar-refractivity contribution in [3.8, 4) is 0 Å². The van der Waals surface area contributed by atoms with E-state index in [0.717, 1.165) is 4.88 Å². The lowest BCUT2D eigenvalue weighted by molar-refractivity contribution is -0.138. The van der Waals surface area contributed by atoms with Crippen LogP contribution in [0.2, 0.25) is 0 Å².